The Balaban J connectivity index is 1.44. The predicted octanol–water partition coefficient (Wildman–Crippen LogP) is 5.21. The van der Waals surface area contributed by atoms with Gasteiger partial charge in [-0.3, -0.25) is 18.4 Å². The Labute approximate surface area is 281 Å². The first-order chi connectivity index (χ1) is 23.5. The highest BCUT2D eigenvalue weighted by Crippen LogP contribution is 2.36. The minimum atomic E-state index is -0.228. The lowest BCUT2D eigenvalue weighted by Gasteiger charge is -2.19. The van der Waals surface area contributed by atoms with Gasteiger partial charge in [0.15, 0.2) is 0 Å². The van der Waals surface area contributed by atoms with E-state index in [-0.39, 0.29) is 27.9 Å². The molecule has 6 heteroatoms. The Bertz CT molecular complexity index is 3070. The number of rotatable bonds is 0. The van der Waals surface area contributed by atoms with E-state index in [1.807, 2.05) is 28.7 Å². The maximum absolute atomic E-state index is 14.8. The molecule has 1 atom stereocenters. The lowest BCUT2D eigenvalue weighted by molar-refractivity contribution is 0.668. The third-order valence-electron chi connectivity index (χ3n) is 10.9. The molecule has 1 unspecified atom stereocenters. The molecule has 0 spiro atoms. The van der Waals surface area contributed by atoms with Gasteiger partial charge in [-0.05, 0) is 72.7 Å². The van der Waals surface area contributed by atoms with Gasteiger partial charge in [0.1, 0.15) is 11.3 Å². The molecule has 240 valence electrons. The number of hydrogen-bond acceptors (Lipinski definition) is 4. The molecule has 4 aliphatic carbocycles. The molecule has 0 amide bonds. The van der Waals surface area contributed by atoms with Crippen LogP contribution in [0.4, 0.5) is 0 Å². The number of hydrogen-bond donors (Lipinski definition) is 0. The first kappa shape index (κ1) is 28.6. The van der Waals surface area contributed by atoms with Crippen molar-refractivity contribution in [3.63, 3.8) is 0 Å². The monoisotopic (exact) mass is 640 g/mol. The number of aryl methyl sites for hydroxylation is 1. The fraction of sp³-hybridized carbons (Fsp3) is 0.256. The van der Waals surface area contributed by atoms with Crippen LogP contribution in [-0.2, 0) is 6.42 Å². The highest BCUT2D eigenvalue weighted by molar-refractivity contribution is 6.27. The van der Waals surface area contributed by atoms with E-state index in [2.05, 4.69) is 95.4 Å². The molecular weight excluding hydrogens is 604 g/mol. The van der Waals surface area contributed by atoms with Crippen LogP contribution in [0.25, 0.3) is 73.0 Å². The van der Waals surface area contributed by atoms with Crippen molar-refractivity contribution >= 4 is 73.0 Å². The molecule has 0 saturated carbocycles. The van der Waals surface area contributed by atoms with Crippen molar-refractivity contribution in [2.75, 3.05) is 0 Å². The van der Waals surface area contributed by atoms with Crippen molar-refractivity contribution in [1.82, 2.24) is 18.8 Å². The molecule has 49 heavy (non-hydrogen) atoms. The summed E-state index contributed by atoms with van der Waals surface area (Å²) in [4.78, 5) is 40.1. The molecule has 6 nitrogen and oxygen atoms in total. The maximum atomic E-state index is 14.8. The Kier molecular flexibility index (Phi) is 5.50. The van der Waals surface area contributed by atoms with Crippen LogP contribution in [0, 0.1) is 16.7 Å². The molecule has 4 heterocycles. The summed E-state index contributed by atoms with van der Waals surface area (Å²) in [7, 11) is 0. The van der Waals surface area contributed by atoms with Crippen LogP contribution in [0.5, 0.6) is 0 Å². The number of nitrogens with zero attached hydrogens (tertiary/aromatic N) is 4. The second-order valence-corrected chi connectivity index (χ2v) is 15.6. The predicted molar refractivity (Wildman–Crippen MR) is 201 cm³/mol. The summed E-state index contributed by atoms with van der Waals surface area (Å²) >= 11 is 0. The quantitative estimate of drug-likeness (QED) is 0.169. The molecule has 6 aromatic rings. The van der Waals surface area contributed by atoms with Crippen LogP contribution in [0.2, 0.25) is 0 Å². The van der Waals surface area contributed by atoms with E-state index in [4.69, 9.17) is 9.97 Å². The van der Waals surface area contributed by atoms with E-state index in [0.29, 0.717) is 22.1 Å². The standard InChI is InChI=1S/C43H36N4O2/c1-23-10-11-25-17-19-43(4,5)22-31-35(25)33(20-23)47-39(45-31)27-13-14-28-36-26(12-15-29(37(27)36)41(47)49)38-44-30-21-42(2,3)18-16-24-8-6-7-9-32(34(24)30)46(38)40(28)48/h8,10-23H,6-7,9H2,1-5H3. The number of allylic oxidation sites excluding steroid dienone is 8. The topological polar surface area (TPSA) is 68.7 Å². The van der Waals surface area contributed by atoms with Gasteiger partial charge in [0.2, 0.25) is 0 Å². The summed E-state index contributed by atoms with van der Waals surface area (Å²) in [6.07, 6.45) is 24.7. The molecule has 2 aromatic carbocycles. The molecule has 4 aromatic heterocycles. The second-order valence-electron chi connectivity index (χ2n) is 15.6. The van der Waals surface area contributed by atoms with Crippen LogP contribution in [0.3, 0.4) is 0 Å². The number of fused-ring (bicyclic) bond motifs is 6. The van der Waals surface area contributed by atoms with Gasteiger partial charge in [0, 0.05) is 59.6 Å². The van der Waals surface area contributed by atoms with Crippen LogP contribution in [-0.4, -0.2) is 18.8 Å². The average molecular weight is 641 g/mol. The van der Waals surface area contributed by atoms with Gasteiger partial charge in [-0.25, -0.2) is 9.97 Å². The Morgan fingerprint density at radius 2 is 1.37 bits per heavy atom. The van der Waals surface area contributed by atoms with E-state index >= 15 is 0 Å². The zero-order valence-electron chi connectivity index (χ0n) is 28.4. The van der Waals surface area contributed by atoms with Gasteiger partial charge in [0.25, 0.3) is 11.1 Å². The van der Waals surface area contributed by atoms with Crippen molar-refractivity contribution < 1.29 is 0 Å². The molecule has 0 fully saturated rings. The van der Waals surface area contributed by atoms with Gasteiger partial charge in [-0.1, -0.05) is 83.2 Å². The molecule has 10 rings (SSSR count). The van der Waals surface area contributed by atoms with Crippen LogP contribution >= 0.6 is 0 Å². The van der Waals surface area contributed by atoms with Gasteiger partial charge in [-0.15, -0.1) is 0 Å². The second kappa shape index (κ2) is 9.41. The Morgan fingerprint density at radius 1 is 0.755 bits per heavy atom. The van der Waals surface area contributed by atoms with E-state index in [1.165, 1.54) is 0 Å². The van der Waals surface area contributed by atoms with Gasteiger partial charge in [-0.2, -0.15) is 0 Å². The minimum Gasteiger partial charge on any atom is -0.268 e. The minimum absolute atomic E-state index is 0.0914. The van der Waals surface area contributed by atoms with Crippen molar-refractivity contribution in [3.05, 3.63) is 120 Å². The lowest BCUT2D eigenvalue weighted by Crippen LogP contribution is -2.50. The third-order valence-corrected chi connectivity index (χ3v) is 10.9. The SMILES string of the molecule is CC1C=CC2=c3c(nc4c5ccc6c(=O)n7c8c9c(nc7c7ccc(c(=O)n4c3=C1)c5c67)=CC(C)(C)C=CC9=CCCC8)=CC(C)(C)C=C2. The first-order valence-corrected chi connectivity index (χ1v) is 17.4. The highest BCUT2D eigenvalue weighted by Gasteiger charge is 2.26. The molecule has 0 N–H and O–H groups in total. The lowest BCUT2D eigenvalue weighted by atomic mass is 9.92. The fourth-order valence-corrected chi connectivity index (χ4v) is 8.62. The van der Waals surface area contributed by atoms with Crippen molar-refractivity contribution in [3.8, 4) is 0 Å². The van der Waals surface area contributed by atoms with E-state index in [1.54, 1.807) is 4.40 Å². The van der Waals surface area contributed by atoms with Crippen molar-refractivity contribution in [1.29, 1.82) is 0 Å². The number of aromatic nitrogens is 4. The third kappa shape index (κ3) is 3.88. The zero-order valence-corrected chi connectivity index (χ0v) is 28.4. The summed E-state index contributed by atoms with van der Waals surface area (Å²) in [5, 5.41) is 8.09. The molecule has 4 aliphatic rings. The van der Waals surface area contributed by atoms with Crippen LogP contribution in [0.1, 0.15) is 58.7 Å². The Hall–Kier alpha value is -5.36. The molecular formula is C43H36N4O2. The molecule has 0 aliphatic heterocycles. The fourth-order valence-electron chi connectivity index (χ4n) is 8.62. The normalized spacial score (nSPS) is 20.3. The van der Waals surface area contributed by atoms with Gasteiger partial charge >= 0.3 is 0 Å². The summed E-state index contributed by atoms with van der Waals surface area (Å²) < 4.78 is 3.67. The van der Waals surface area contributed by atoms with E-state index in [0.717, 1.165) is 84.5 Å². The van der Waals surface area contributed by atoms with Gasteiger partial charge < -0.3 is 0 Å². The zero-order chi connectivity index (χ0) is 33.6. The molecule has 0 radical (unpaired) electrons. The largest absolute Gasteiger partial charge is 0.268 e. The highest BCUT2D eigenvalue weighted by atomic mass is 16.1. The van der Waals surface area contributed by atoms with Crippen molar-refractivity contribution in [2.24, 2.45) is 16.7 Å². The smallest absolute Gasteiger partial charge is 0.264 e. The summed E-state index contributed by atoms with van der Waals surface area (Å²) in [5.41, 5.74) is 4.87. The summed E-state index contributed by atoms with van der Waals surface area (Å²) in [6.45, 7) is 10.9. The van der Waals surface area contributed by atoms with E-state index in [9.17, 15) is 9.59 Å². The number of benzene rings is 2. The van der Waals surface area contributed by atoms with Crippen LogP contribution < -0.4 is 32.4 Å². The Morgan fingerprint density at radius 3 is 2.10 bits per heavy atom. The van der Waals surface area contributed by atoms with Crippen molar-refractivity contribution in [2.45, 2.75) is 53.9 Å². The van der Waals surface area contributed by atoms with E-state index < -0.39 is 0 Å². The number of pyridine rings is 2. The van der Waals surface area contributed by atoms with Crippen LogP contribution in [0.15, 0.2) is 76.4 Å². The molecule has 0 bridgehead atoms. The molecule has 0 saturated heterocycles. The maximum Gasteiger partial charge on any atom is 0.264 e. The average Bonchev–Trinajstić information content (AvgIpc) is 3.48. The van der Waals surface area contributed by atoms with Gasteiger partial charge in [0.05, 0.1) is 16.0 Å². The first-order valence-electron chi connectivity index (χ1n) is 17.4. The summed E-state index contributed by atoms with van der Waals surface area (Å²) in [6, 6.07) is 7.88. The summed E-state index contributed by atoms with van der Waals surface area (Å²) in [5.74, 6) is 0.124.